The molecular weight excluding hydrogens is 196 g/mol. The number of aromatic amines is 1. The zero-order valence-corrected chi connectivity index (χ0v) is 9.07. The van der Waals surface area contributed by atoms with Crippen LogP contribution in [0.5, 0.6) is 0 Å². The Morgan fingerprint density at radius 2 is 1.94 bits per heavy atom. The molecule has 3 rings (SSSR count). The number of H-pyrrole nitrogens is 1. The van der Waals surface area contributed by atoms with E-state index in [4.69, 9.17) is 0 Å². The Morgan fingerprint density at radius 1 is 1.06 bits per heavy atom. The Kier molecular flexibility index (Phi) is 2.00. The van der Waals surface area contributed by atoms with Crippen LogP contribution in [0.1, 0.15) is 5.56 Å². The zero-order chi connectivity index (χ0) is 11.0. The molecule has 1 aromatic carbocycles. The van der Waals surface area contributed by atoms with E-state index < -0.39 is 0 Å². The molecule has 1 N–H and O–H groups in total. The van der Waals surface area contributed by atoms with E-state index in [0.717, 1.165) is 16.9 Å². The molecule has 0 aliphatic carbocycles. The van der Waals surface area contributed by atoms with Crippen molar-refractivity contribution >= 4 is 10.9 Å². The minimum Gasteiger partial charge on any atom is -0.353 e. The predicted molar refractivity (Wildman–Crippen MR) is 66.3 cm³/mol. The van der Waals surface area contributed by atoms with Crippen LogP contribution in [0, 0.1) is 6.92 Å². The predicted octanol–water partition coefficient (Wildman–Crippen LogP) is 3.54. The number of nitrogens with zero attached hydrogens (tertiary/aromatic N) is 1. The second-order valence-corrected chi connectivity index (χ2v) is 3.99. The number of hydrogen-bond donors (Lipinski definition) is 1. The van der Waals surface area contributed by atoms with E-state index in [1.807, 2.05) is 31.3 Å². The molecule has 2 heterocycles. The summed E-state index contributed by atoms with van der Waals surface area (Å²) in [6.45, 7) is 2.04. The van der Waals surface area contributed by atoms with E-state index in [1.54, 1.807) is 0 Å². The third kappa shape index (κ3) is 1.48. The van der Waals surface area contributed by atoms with E-state index in [1.165, 1.54) is 10.9 Å². The molecule has 2 heteroatoms. The van der Waals surface area contributed by atoms with Gasteiger partial charge in [-0.25, -0.2) is 0 Å². The van der Waals surface area contributed by atoms with Gasteiger partial charge in [0.15, 0.2) is 0 Å². The highest BCUT2D eigenvalue weighted by molar-refractivity contribution is 5.85. The van der Waals surface area contributed by atoms with Crippen LogP contribution >= 0.6 is 0 Å². The highest BCUT2D eigenvalue weighted by Crippen LogP contribution is 2.22. The number of para-hydroxylation sites is 1. The maximum Gasteiger partial charge on any atom is 0.0864 e. The van der Waals surface area contributed by atoms with Gasteiger partial charge < -0.3 is 4.98 Å². The highest BCUT2D eigenvalue weighted by Gasteiger charge is 2.03. The van der Waals surface area contributed by atoms with E-state index in [-0.39, 0.29) is 0 Å². The normalized spacial score (nSPS) is 10.8. The van der Waals surface area contributed by atoms with Crippen LogP contribution in [0.3, 0.4) is 0 Å². The van der Waals surface area contributed by atoms with Gasteiger partial charge in [-0.05, 0) is 30.7 Å². The lowest BCUT2D eigenvalue weighted by molar-refractivity contribution is 1.25. The Bertz CT molecular complexity index is 588. The smallest absolute Gasteiger partial charge is 0.0864 e. The standard InChI is InChI=1S/C14H12N2/c1-10-6-7-13(15-9-10)14-8-11-4-2-3-5-12(11)16-14/h2-9,16H,1H3. The van der Waals surface area contributed by atoms with Crippen molar-refractivity contribution < 1.29 is 0 Å². The molecule has 0 saturated carbocycles. The highest BCUT2D eigenvalue weighted by atomic mass is 14.8. The van der Waals surface area contributed by atoms with Crippen molar-refractivity contribution in [3.05, 3.63) is 54.2 Å². The average Bonchev–Trinajstić information content (AvgIpc) is 2.73. The van der Waals surface area contributed by atoms with E-state index in [9.17, 15) is 0 Å². The van der Waals surface area contributed by atoms with Crippen LogP contribution in [0.25, 0.3) is 22.3 Å². The van der Waals surface area contributed by atoms with Gasteiger partial charge in [-0.15, -0.1) is 0 Å². The molecule has 0 saturated heterocycles. The van der Waals surface area contributed by atoms with Gasteiger partial charge in [0.25, 0.3) is 0 Å². The summed E-state index contributed by atoms with van der Waals surface area (Å²) in [5.74, 6) is 0. The zero-order valence-electron chi connectivity index (χ0n) is 9.07. The summed E-state index contributed by atoms with van der Waals surface area (Å²) in [7, 11) is 0. The Hall–Kier alpha value is -2.09. The van der Waals surface area contributed by atoms with Gasteiger partial charge in [0.05, 0.1) is 11.4 Å². The molecule has 3 aromatic rings. The first-order valence-corrected chi connectivity index (χ1v) is 5.34. The molecule has 0 spiro atoms. The van der Waals surface area contributed by atoms with Crippen LogP contribution in [0.15, 0.2) is 48.7 Å². The number of nitrogens with one attached hydrogen (secondary N) is 1. The van der Waals surface area contributed by atoms with Crippen molar-refractivity contribution in [2.75, 3.05) is 0 Å². The maximum absolute atomic E-state index is 4.41. The van der Waals surface area contributed by atoms with Gasteiger partial charge in [-0.3, -0.25) is 4.98 Å². The molecule has 78 valence electrons. The fraction of sp³-hybridized carbons (Fsp3) is 0.0714. The summed E-state index contributed by atoms with van der Waals surface area (Å²) in [5, 5.41) is 1.22. The number of aryl methyl sites for hydroxylation is 1. The summed E-state index contributed by atoms with van der Waals surface area (Å²) in [4.78, 5) is 7.78. The van der Waals surface area contributed by atoms with Crippen LogP contribution in [0.4, 0.5) is 0 Å². The first kappa shape index (κ1) is 9.16. The van der Waals surface area contributed by atoms with Crippen molar-refractivity contribution in [1.82, 2.24) is 9.97 Å². The van der Waals surface area contributed by atoms with Gasteiger partial charge in [-0.2, -0.15) is 0 Å². The number of rotatable bonds is 1. The van der Waals surface area contributed by atoms with Crippen LogP contribution in [0.2, 0.25) is 0 Å². The molecule has 0 aliphatic rings. The Morgan fingerprint density at radius 3 is 2.69 bits per heavy atom. The Balaban J connectivity index is 2.15. The summed E-state index contributed by atoms with van der Waals surface area (Å²) in [6.07, 6.45) is 1.89. The molecule has 2 nitrogen and oxygen atoms in total. The molecule has 0 radical (unpaired) electrons. The quantitative estimate of drug-likeness (QED) is 0.651. The van der Waals surface area contributed by atoms with Crippen LogP contribution < -0.4 is 0 Å². The third-order valence-corrected chi connectivity index (χ3v) is 2.72. The molecule has 0 fully saturated rings. The number of aromatic nitrogens is 2. The van der Waals surface area contributed by atoms with Crippen molar-refractivity contribution in [2.45, 2.75) is 6.92 Å². The van der Waals surface area contributed by atoms with E-state index in [0.29, 0.717) is 0 Å². The SMILES string of the molecule is Cc1ccc(-c2cc3ccccc3[nH]2)nc1. The van der Waals surface area contributed by atoms with E-state index in [2.05, 4.69) is 34.2 Å². The summed E-state index contributed by atoms with van der Waals surface area (Å²) in [6, 6.07) is 14.5. The fourth-order valence-corrected chi connectivity index (χ4v) is 1.84. The molecule has 16 heavy (non-hydrogen) atoms. The minimum absolute atomic E-state index is 0.988. The van der Waals surface area contributed by atoms with Gasteiger partial charge >= 0.3 is 0 Å². The number of hydrogen-bond acceptors (Lipinski definition) is 1. The number of fused-ring (bicyclic) bond motifs is 1. The van der Waals surface area contributed by atoms with Crippen molar-refractivity contribution in [1.29, 1.82) is 0 Å². The monoisotopic (exact) mass is 208 g/mol. The number of pyridine rings is 1. The molecule has 0 amide bonds. The Labute approximate surface area is 94.0 Å². The minimum atomic E-state index is 0.988. The lowest BCUT2D eigenvalue weighted by Gasteiger charge is -1.96. The van der Waals surface area contributed by atoms with Crippen molar-refractivity contribution in [3.63, 3.8) is 0 Å². The molecule has 0 atom stereocenters. The van der Waals surface area contributed by atoms with Gasteiger partial charge in [0, 0.05) is 17.1 Å². The fourth-order valence-electron chi connectivity index (χ4n) is 1.84. The van der Waals surface area contributed by atoms with Crippen molar-refractivity contribution in [3.8, 4) is 11.4 Å². The second kappa shape index (κ2) is 3.49. The summed E-state index contributed by atoms with van der Waals surface area (Å²) < 4.78 is 0. The lowest BCUT2D eigenvalue weighted by atomic mass is 10.2. The first-order chi connectivity index (χ1) is 7.83. The molecule has 2 aromatic heterocycles. The van der Waals surface area contributed by atoms with Gasteiger partial charge in [0.1, 0.15) is 0 Å². The van der Waals surface area contributed by atoms with Crippen molar-refractivity contribution in [2.24, 2.45) is 0 Å². The van der Waals surface area contributed by atoms with Crippen LogP contribution in [-0.4, -0.2) is 9.97 Å². The molecule has 0 aliphatic heterocycles. The summed E-state index contributed by atoms with van der Waals surface area (Å²) >= 11 is 0. The largest absolute Gasteiger partial charge is 0.353 e. The topological polar surface area (TPSA) is 28.7 Å². The molecule has 0 bridgehead atoms. The summed E-state index contributed by atoms with van der Waals surface area (Å²) in [5.41, 5.74) is 4.39. The first-order valence-electron chi connectivity index (χ1n) is 5.34. The second-order valence-electron chi connectivity index (χ2n) is 3.99. The number of benzene rings is 1. The lowest BCUT2D eigenvalue weighted by Crippen LogP contribution is -1.83. The maximum atomic E-state index is 4.41. The third-order valence-electron chi connectivity index (χ3n) is 2.72. The van der Waals surface area contributed by atoms with Crippen LogP contribution in [-0.2, 0) is 0 Å². The molecular formula is C14H12N2. The van der Waals surface area contributed by atoms with Gasteiger partial charge in [-0.1, -0.05) is 24.3 Å². The van der Waals surface area contributed by atoms with Gasteiger partial charge in [0.2, 0.25) is 0 Å². The molecule has 0 unspecified atom stereocenters. The van der Waals surface area contributed by atoms with E-state index >= 15 is 0 Å². The average molecular weight is 208 g/mol.